The maximum atomic E-state index is 14.0. The molecule has 0 spiro atoms. The van der Waals surface area contributed by atoms with Gasteiger partial charge in [0.25, 0.3) is 0 Å². The molecular weight excluding hydrogens is 776 g/mol. The third kappa shape index (κ3) is 8.00. The van der Waals surface area contributed by atoms with Crippen molar-refractivity contribution >= 4 is 10.9 Å². The normalized spacial score (nSPS) is 22.2. The largest absolute Gasteiger partial charge is 0.416 e. The molecule has 3 aliphatic heterocycles. The number of fused-ring (bicyclic) bond motifs is 4. The predicted molar refractivity (Wildman–Crippen MR) is 188 cm³/mol. The number of alkyl halides is 12. The second-order valence-electron chi connectivity index (χ2n) is 14.9. The summed E-state index contributed by atoms with van der Waals surface area (Å²) in [5.74, 6) is 0.0589. The van der Waals surface area contributed by atoms with Gasteiger partial charge in [0.1, 0.15) is 18.7 Å². The lowest BCUT2D eigenvalue weighted by molar-refractivity contribution is -0.984. The molecular formula is C42H33F12N2O+. The van der Waals surface area contributed by atoms with Gasteiger partial charge in [-0.05, 0) is 100 Å². The van der Waals surface area contributed by atoms with Crippen LogP contribution in [-0.2, 0) is 31.2 Å². The molecule has 1 unspecified atom stereocenters. The first-order chi connectivity index (χ1) is 26.6. The number of aliphatic hydroxyl groups is 1. The van der Waals surface area contributed by atoms with Gasteiger partial charge in [-0.1, -0.05) is 24.3 Å². The van der Waals surface area contributed by atoms with Gasteiger partial charge in [0, 0.05) is 35.9 Å². The standard InChI is InChI=1S/C42H33F12N2O/c1-2-24-22-56(10-8-25(24)18-37(56)38(57)35-7-9-55-36-6-4-3-5-34(35)36)21-23-11-26(28-14-30(39(43,44)45)19-31(15-28)40(46,47)48)13-27(12-23)29-16-32(41(49,50)51)20-33(17-29)42(52,53)54/h2-7,9,11-17,19-20,24-25,37-38,57H,1,8,10,18,21-22H2/q+1/t24?,25-,37-,38-,56+/m0/s1. The summed E-state index contributed by atoms with van der Waals surface area (Å²) in [7, 11) is 0. The van der Waals surface area contributed by atoms with Crippen LogP contribution in [-0.4, -0.2) is 33.7 Å². The summed E-state index contributed by atoms with van der Waals surface area (Å²) in [6, 6.07) is 13.6. The van der Waals surface area contributed by atoms with Gasteiger partial charge in [-0.15, -0.1) is 6.58 Å². The van der Waals surface area contributed by atoms with Crippen LogP contribution in [0.2, 0.25) is 0 Å². The van der Waals surface area contributed by atoms with Gasteiger partial charge in [0.05, 0.1) is 40.9 Å². The molecule has 8 rings (SSSR count). The minimum Gasteiger partial charge on any atom is -0.382 e. The Bertz CT molecular complexity index is 2160. The van der Waals surface area contributed by atoms with Crippen molar-refractivity contribution in [2.75, 3.05) is 13.1 Å². The van der Waals surface area contributed by atoms with Crippen molar-refractivity contribution < 1.29 is 62.3 Å². The quantitative estimate of drug-likeness (QED) is 0.101. The first kappa shape index (κ1) is 40.3. The maximum Gasteiger partial charge on any atom is 0.416 e. The third-order valence-electron chi connectivity index (χ3n) is 11.4. The molecule has 4 aromatic carbocycles. The number of hydrogen-bond acceptors (Lipinski definition) is 2. The Labute approximate surface area is 318 Å². The van der Waals surface area contributed by atoms with Gasteiger partial charge >= 0.3 is 24.7 Å². The highest BCUT2D eigenvalue weighted by Gasteiger charge is 2.54. The first-order valence-electron chi connectivity index (χ1n) is 17.8. The SMILES string of the molecule is C=CC1C[N@+]2(Cc3cc(-c4cc(C(F)(F)F)cc(C(F)(F)F)c4)cc(-c4cc(C(F)(F)F)cc(C(F)(F)F)c4)c3)CC[C@H]1C[C@H]2[C@@H](O)c1ccnc2ccccc12. The highest BCUT2D eigenvalue weighted by molar-refractivity contribution is 5.82. The molecule has 3 aliphatic rings. The first-order valence-corrected chi connectivity index (χ1v) is 17.8. The van der Waals surface area contributed by atoms with Crippen LogP contribution >= 0.6 is 0 Å². The third-order valence-corrected chi connectivity index (χ3v) is 11.4. The van der Waals surface area contributed by atoms with E-state index in [9.17, 15) is 57.8 Å². The number of piperidine rings is 3. The zero-order chi connectivity index (χ0) is 41.3. The number of pyridine rings is 1. The van der Waals surface area contributed by atoms with E-state index in [1.807, 2.05) is 0 Å². The Morgan fingerprint density at radius 3 is 1.67 bits per heavy atom. The van der Waals surface area contributed by atoms with Gasteiger partial charge < -0.3 is 9.59 Å². The highest BCUT2D eigenvalue weighted by Crippen LogP contribution is 2.49. The van der Waals surface area contributed by atoms with Crippen molar-refractivity contribution in [3.63, 3.8) is 0 Å². The van der Waals surface area contributed by atoms with Crippen LogP contribution in [0.3, 0.4) is 0 Å². The van der Waals surface area contributed by atoms with Crippen LogP contribution in [0, 0.1) is 11.8 Å². The Hall–Kier alpha value is -4.89. The lowest BCUT2D eigenvalue weighted by atomic mass is 9.71. The summed E-state index contributed by atoms with van der Waals surface area (Å²) >= 11 is 0. The van der Waals surface area contributed by atoms with Crippen molar-refractivity contribution in [2.45, 2.75) is 56.2 Å². The summed E-state index contributed by atoms with van der Waals surface area (Å²) in [5, 5.41) is 12.9. The average Bonchev–Trinajstić information content (AvgIpc) is 3.15. The van der Waals surface area contributed by atoms with Crippen molar-refractivity contribution in [2.24, 2.45) is 11.8 Å². The summed E-state index contributed by atoms with van der Waals surface area (Å²) < 4.78 is 168. The van der Waals surface area contributed by atoms with Crippen molar-refractivity contribution in [1.29, 1.82) is 0 Å². The molecule has 57 heavy (non-hydrogen) atoms. The van der Waals surface area contributed by atoms with Gasteiger partial charge in [0.15, 0.2) is 0 Å². The second kappa shape index (κ2) is 14.2. The van der Waals surface area contributed by atoms with E-state index in [-0.39, 0.29) is 51.7 Å². The molecule has 300 valence electrons. The zero-order valence-electron chi connectivity index (χ0n) is 29.7. The summed E-state index contributed by atoms with van der Waals surface area (Å²) in [4.78, 5) is 4.38. The Morgan fingerprint density at radius 1 is 0.684 bits per heavy atom. The van der Waals surface area contributed by atoms with Crippen LogP contribution in [0.5, 0.6) is 0 Å². The lowest BCUT2D eigenvalue weighted by Gasteiger charge is -2.58. The van der Waals surface area contributed by atoms with Crippen molar-refractivity contribution in [3.05, 3.63) is 137 Å². The van der Waals surface area contributed by atoms with E-state index in [1.165, 1.54) is 12.1 Å². The fourth-order valence-corrected chi connectivity index (χ4v) is 8.69. The van der Waals surface area contributed by atoms with Gasteiger partial charge in [0.2, 0.25) is 0 Å². The van der Waals surface area contributed by atoms with E-state index < -0.39 is 70.2 Å². The Morgan fingerprint density at radius 2 is 1.18 bits per heavy atom. The van der Waals surface area contributed by atoms with E-state index in [0.29, 0.717) is 66.7 Å². The van der Waals surface area contributed by atoms with Gasteiger partial charge in [-0.25, -0.2) is 0 Å². The molecule has 3 saturated heterocycles. The zero-order valence-corrected chi connectivity index (χ0v) is 29.7. The van der Waals surface area contributed by atoms with E-state index >= 15 is 0 Å². The molecule has 5 atom stereocenters. The number of halogens is 12. The average molecular weight is 810 g/mol. The van der Waals surface area contributed by atoms with E-state index in [1.54, 1.807) is 42.6 Å². The molecule has 1 aromatic heterocycles. The molecule has 0 amide bonds. The maximum absolute atomic E-state index is 14.0. The summed E-state index contributed by atoms with van der Waals surface area (Å²) in [6.45, 7) is 4.82. The number of nitrogens with zero attached hydrogens (tertiary/aromatic N) is 2. The lowest BCUT2D eigenvalue weighted by Crippen LogP contribution is -2.67. The number of aromatic nitrogens is 1. The summed E-state index contributed by atoms with van der Waals surface area (Å²) in [6.07, 6.45) is -17.6. The van der Waals surface area contributed by atoms with Crippen LogP contribution in [0.1, 0.15) is 52.3 Å². The molecule has 0 radical (unpaired) electrons. The van der Waals surface area contributed by atoms with Crippen LogP contribution in [0.25, 0.3) is 33.2 Å². The van der Waals surface area contributed by atoms with Gasteiger partial charge in [-0.3, -0.25) is 4.98 Å². The predicted octanol–water partition coefficient (Wildman–Crippen LogP) is 12.3. The van der Waals surface area contributed by atoms with Crippen molar-refractivity contribution in [1.82, 2.24) is 4.98 Å². The van der Waals surface area contributed by atoms with E-state index in [0.717, 1.165) is 6.07 Å². The number of aliphatic hydroxyl groups excluding tert-OH is 1. The number of hydrogen-bond donors (Lipinski definition) is 1. The number of quaternary nitrogens is 1. The molecule has 3 fully saturated rings. The second-order valence-corrected chi connectivity index (χ2v) is 14.9. The number of benzene rings is 4. The van der Waals surface area contributed by atoms with Crippen molar-refractivity contribution in [3.8, 4) is 22.3 Å². The molecule has 0 aliphatic carbocycles. The van der Waals surface area contributed by atoms with E-state index in [2.05, 4.69) is 11.6 Å². The monoisotopic (exact) mass is 809 g/mol. The molecule has 15 heteroatoms. The smallest absolute Gasteiger partial charge is 0.382 e. The molecule has 5 aromatic rings. The number of para-hydroxylation sites is 1. The van der Waals surface area contributed by atoms with Gasteiger partial charge in [-0.2, -0.15) is 52.7 Å². The van der Waals surface area contributed by atoms with Crippen LogP contribution < -0.4 is 0 Å². The molecule has 0 saturated carbocycles. The fraction of sp³-hybridized carbons (Fsp3) is 0.310. The minimum atomic E-state index is -5.24. The minimum absolute atomic E-state index is 0.0289. The molecule has 1 N–H and O–H groups in total. The molecule has 2 bridgehead atoms. The number of rotatable bonds is 7. The van der Waals surface area contributed by atoms with E-state index in [4.69, 9.17) is 0 Å². The highest BCUT2D eigenvalue weighted by atomic mass is 19.4. The summed E-state index contributed by atoms with van der Waals surface area (Å²) in [5.41, 5.74) is -7.02. The molecule has 3 nitrogen and oxygen atoms in total. The Balaban J connectivity index is 1.44. The molecule has 4 heterocycles. The fourth-order valence-electron chi connectivity index (χ4n) is 8.69. The Kier molecular flexibility index (Phi) is 10.0. The van der Waals surface area contributed by atoms with Crippen LogP contribution in [0.15, 0.2) is 104 Å². The topological polar surface area (TPSA) is 33.1 Å². The van der Waals surface area contributed by atoms with Crippen LogP contribution in [0.4, 0.5) is 52.7 Å².